The third-order valence-electron chi connectivity index (χ3n) is 2.53. The normalized spacial score (nSPS) is 10.5. The van der Waals surface area contributed by atoms with Gasteiger partial charge in [-0.1, -0.05) is 36.4 Å². The Morgan fingerprint density at radius 3 is 1.86 bits per heavy atom. The van der Waals surface area contributed by atoms with Crippen molar-refractivity contribution in [2.45, 2.75) is 0 Å². The molecule has 0 spiro atoms. The molecule has 0 aromatic heterocycles. The van der Waals surface area contributed by atoms with Crippen molar-refractivity contribution >= 4 is 25.0 Å². The Labute approximate surface area is 129 Å². The number of para-hydroxylation sites is 2. The van der Waals surface area contributed by atoms with Gasteiger partial charge in [-0.25, -0.2) is 9.56 Å². The van der Waals surface area contributed by atoms with E-state index < -0.39 is 7.60 Å². The Hall–Kier alpha value is -1.93. The highest BCUT2D eigenvalue weighted by Gasteiger charge is 2.27. The van der Waals surface area contributed by atoms with Crippen LogP contribution in [0.25, 0.3) is 0 Å². The maximum atomic E-state index is 12.9. The van der Waals surface area contributed by atoms with Crippen LogP contribution in [-0.4, -0.2) is 17.9 Å². The van der Waals surface area contributed by atoms with Gasteiger partial charge in [0.2, 0.25) is 0 Å². The number of nitrogens with zero attached hydrogens (tertiary/aromatic N) is 1. The predicted molar refractivity (Wildman–Crippen MR) is 86.5 cm³/mol. The van der Waals surface area contributed by atoms with Crippen LogP contribution in [0.3, 0.4) is 0 Å². The van der Waals surface area contributed by atoms with Crippen molar-refractivity contribution in [1.82, 2.24) is 0 Å². The van der Waals surface area contributed by atoms with Crippen LogP contribution in [0.2, 0.25) is 0 Å². The molecule has 0 saturated carbocycles. The van der Waals surface area contributed by atoms with Crippen molar-refractivity contribution in [2.75, 3.05) is 12.7 Å². The molecule has 4 nitrogen and oxygen atoms in total. The second-order valence-electron chi connectivity index (χ2n) is 4.12. The Morgan fingerprint density at radius 2 is 1.43 bits per heavy atom. The Morgan fingerprint density at radius 1 is 0.952 bits per heavy atom. The minimum atomic E-state index is -3.37. The van der Waals surface area contributed by atoms with Crippen LogP contribution < -0.4 is 9.05 Å². The standard InChI is InChI=1S/C15H14NO3PS/c17-20(12-11-16-13-21,18-14-7-3-1-4-8-14)19-15-9-5-2-6-10-15/h1-10H,11-12H2. The highest BCUT2D eigenvalue weighted by molar-refractivity contribution is 7.78. The van der Waals surface area contributed by atoms with Crippen molar-refractivity contribution in [1.29, 1.82) is 0 Å². The molecule has 0 fully saturated rings. The quantitative estimate of drug-likeness (QED) is 0.430. The molecule has 0 radical (unpaired) electrons. The van der Waals surface area contributed by atoms with Crippen molar-refractivity contribution in [3.63, 3.8) is 0 Å². The second-order valence-corrected chi connectivity index (χ2v) is 6.33. The molecule has 6 heteroatoms. The third kappa shape index (κ3) is 5.16. The summed E-state index contributed by atoms with van der Waals surface area (Å²) >= 11 is 4.51. The van der Waals surface area contributed by atoms with Crippen LogP contribution in [0, 0.1) is 0 Å². The minimum absolute atomic E-state index is 0.125. The fourth-order valence-corrected chi connectivity index (χ4v) is 3.15. The Balaban J connectivity index is 2.17. The molecular weight excluding hydrogens is 305 g/mol. The SMILES string of the molecule is O=P(CCN=C=S)(Oc1ccccc1)Oc1ccccc1. The molecule has 0 heterocycles. The maximum absolute atomic E-state index is 12.9. The minimum Gasteiger partial charge on any atom is -0.416 e. The van der Waals surface area contributed by atoms with Gasteiger partial charge in [0.25, 0.3) is 0 Å². The van der Waals surface area contributed by atoms with E-state index in [2.05, 4.69) is 22.4 Å². The summed E-state index contributed by atoms with van der Waals surface area (Å²) in [4.78, 5) is 3.77. The zero-order valence-electron chi connectivity index (χ0n) is 11.2. The van der Waals surface area contributed by atoms with Crippen LogP contribution in [0.1, 0.15) is 0 Å². The second kappa shape index (κ2) is 7.75. The van der Waals surface area contributed by atoms with Crippen molar-refractivity contribution < 1.29 is 13.6 Å². The number of aliphatic imine (C=N–C) groups is 1. The van der Waals surface area contributed by atoms with E-state index in [1.165, 1.54) is 0 Å². The van der Waals surface area contributed by atoms with Crippen molar-refractivity contribution in [2.24, 2.45) is 4.99 Å². The number of benzene rings is 2. The molecule has 0 bridgehead atoms. The zero-order valence-corrected chi connectivity index (χ0v) is 12.9. The summed E-state index contributed by atoms with van der Waals surface area (Å²) in [6.07, 6.45) is 0.125. The summed E-state index contributed by atoms with van der Waals surface area (Å²) in [6.45, 7) is 0.237. The fourth-order valence-electron chi connectivity index (χ4n) is 1.61. The number of thiocarbonyl (C=S) groups is 1. The van der Waals surface area contributed by atoms with Crippen molar-refractivity contribution in [3.05, 3.63) is 60.7 Å². The van der Waals surface area contributed by atoms with Crippen LogP contribution in [-0.2, 0) is 4.57 Å². The molecule has 0 aliphatic carbocycles. The van der Waals surface area contributed by atoms with Gasteiger partial charge in [0.15, 0.2) is 0 Å². The van der Waals surface area contributed by atoms with E-state index in [4.69, 9.17) is 9.05 Å². The Bertz CT molecular complexity index is 612. The summed E-state index contributed by atoms with van der Waals surface area (Å²) < 4.78 is 24.0. The van der Waals surface area contributed by atoms with Gasteiger partial charge in [-0.2, -0.15) is 0 Å². The maximum Gasteiger partial charge on any atom is 0.432 e. The van der Waals surface area contributed by atoms with E-state index >= 15 is 0 Å². The topological polar surface area (TPSA) is 47.9 Å². The third-order valence-corrected chi connectivity index (χ3v) is 4.38. The molecule has 0 amide bonds. The van der Waals surface area contributed by atoms with Gasteiger partial charge >= 0.3 is 7.60 Å². The van der Waals surface area contributed by atoms with E-state index in [9.17, 15) is 4.57 Å². The predicted octanol–water partition coefficient (Wildman–Crippen LogP) is 4.44. The van der Waals surface area contributed by atoms with Gasteiger partial charge < -0.3 is 9.05 Å². The van der Waals surface area contributed by atoms with Crippen LogP contribution in [0.4, 0.5) is 0 Å². The molecule has 0 aliphatic rings. The molecule has 21 heavy (non-hydrogen) atoms. The molecule has 2 aromatic rings. The van der Waals surface area contributed by atoms with Crippen molar-refractivity contribution in [3.8, 4) is 11.5 Å². The first-order valence-electron chi connectivity index (χ1n) is 6.34. The van der Waals surface area contributed by atoms with Gasteiger partial charge in [-0.3, -0.25) is 0 Å². The van der Waals surface area contributed by atoms with Gasteiger partial charge in [0, 0.05) is 0 Å². The smallest absolute Gasteiger partial charge is 0.416 e. The molecule has 0 saturated heterocycles. The summed E-state index contributed by atoms with van der Waals surface area (Å²) in [5.41, 5.74) is 0. The summed E-state index contributed by atoms with van der Waals surface area (Å²) in [5, 5.41) is 2.24. The lowest BCUT2D eigenvalue weighted by atomic mass is 10.3. The lowest BCUT2D eigenvalue weighted by Gasteiger charge is -2.19. The first kappa shape index (κ1) is 15.5. The molecule has 2 rings (SSSR count). The first-order valence-corrected chi connectivity index (χ1v) is 8.47. The lowest BCUT2D eigenvalue weighted by molar-refractivity contribution is 0.386. The van der Waals surface area contributed by atoms with Crippen LogP contribution >= 0.6 is 19.8 Å². The highest BCUT2D eigenvalue weighted by atomic mass is 32.1. The van der Waals surface area contributed by atoms with E-state index in [-0.39, 0.29) is 12.7 Å². The highest BCUT2D eigenvalue weighted by Crippen LogP contribution is 2.48. The van der Waals surface area contributed by atoms with Crippen LogP contribution in [0.15, 0.2) is 65.7 Å². The Kier molecular flexibility index (Phi) is 5.70. The molecular formula is C15H14NO3PS. The van der Waals surface area contributed by atoms with E-state index in [1.807, 2.05) is 12.1 Å². The van der Waals surface area contributed by atoms with E-state index in [0.29, 0.717) is 11.5 Å². The summed E-state index contributed by atoms with van der Waals surface area (Å²) in [6, 6.07) is 17.8. The fraction of sp³-hybridized carbons (Fsp3) is 0.133. The molecule has 0 aliphatic heterocycles. The lowest BCUT2D eigenvalue weighted by Crippen LogP contribution is -2.07. The number of hydrogen-bond acceptors (Lipinski definition) is 5. The average Bonchev–Trinajstić information content (AvgIpc) is 2.49. The average molecular weight is 319 g/mol. The monoisotopic (exact) mass is 319 g/mol. The molecule has 0 atom stereocenters. The number of hydrogen-bond donors (Lipinski definition) is 0. The number of isothiocyanates is 1. The largest absolute Gasteiger partial charge is 0.432 e. The summed E-state index contributed by atoms with van der Waals surface area (Å²) in [7, 11) is -3.37. The van der Waals surface area contributed by atoms with Gasteiger partial charge in [0.1, 0.15) is 11.5 Å². The number of rotatable bonds is 7. The molecule has 2 aromatic carbocycles. The van der Waals surface area contributed by atoms with Gasteiger partial charge in [0.05, 0.1) is 17.9 Å². The molecule has 0 unspecified atom stereocenters. The first-order chi connectivity index (χ1) is 10.2. The molecule has 108 valence electrons. The summed E-state index contributed by atoms with van der Waals surface area (Å²) in [5.74, 6) is 0.978. The van der Waals surface area contributed by atoms with E-state index in [1.54, 1.807) is 48.5 Å². The van der Waals surface area contributed by atoms with E-state index in [0.717, 1.165) is 0 Å². The molecule has 0 N–H and O–H groups in total. The van der Waals surface area contributed by atoms with Gasteiger partial charge in [-0.15, -0.1) is 0 Å². The van der Waals surface area contributed by atoms with Crippen LogP contribution in [0.5, 0.6) is 11.5 Å². The van der Waals surface area contributed by atoms with Gasteiger partial charge in [-0.05, 0) is 36.5 Å². The zero-order chi connectivity index (χ0) is 15.0.